The fourth-order valence-electron chi connectivity index (χ4n) is 2.37. The summed E-state index contributed by atoms with van der Waals surface area (Å²) in [5.74, 6) is 0.934. The lowest BCUT2D eigenvalue weighted by Crippen LogP contribution is -2.05. The molecule has 0 saturated carbocycles. The van der Waals surface area contributed by atoms with Crippen LogP contribution in [0.1, 0.15) is 16.8 Å². The van der Waals surface area contributed by atoms with Crippen LogP contribution in [0.3, 0.4) is 0 Å². The first kappa shape index (κ1) is 17.5. The first-order chi connectivity index (χ1) is 12.7. The highest BCUT2D eigenvalue weighted by atomic mass is 35.5. The normalized spacial score (nSPS) is 10.7. The Kier molecular flexibility index (Phi) is 5.52. The van der Waals surface area contributed by atoms with Crippen LogP contribution in [0.5, 0.6) is 5.75 Å². The predicted octanol–water partition coefficient (Wildman–Crippen LogP) is 3.96. The lowest BCUT2D eigenvalue weighted by molar-refractivity contribution is 0.132. The van der Waals surface area contributed by atoms with Gasteiger partial charge in [-0.15, -0.1) is 0 Å². The number of halogens is 1. The van der Waals surface area contributed by atoms with Gasteiger partial charge in [0.25, 0.3) is 0 Å². The molecule has 2 aromatic heterocycles. The van der Waals surface area contributed by atoms with Crippen molar-refractivity contribution in [1.29, 1.82) is 5.26 Å². The van der Waals surface area contributed by atoms with E-state index in [9.17, 15) is 5.26 Å². The van der Waals surface area contributed by atoms with E-state index in [-0.39, 0.29) is 0 Å². The van der Waals surface area contributed by atoms with Crippen molar-refractivity contribution in [3.63, 3.8) is 0 Å². The maximum atomic E-state index is 9.43. The molecule has 1 aromatic carbocycles. The smallest absolute Gasteiger partial charge is 0.158 e. The molecular formula is C19H15ClN4O2. The molecule has 0 radical (unpaired) electrons. The SMILES string of the molecule is COc1ccnc(-n2cccc2C=NOCc2ccc(Cl)cc2)c1C#N. The third-order valence-electron chi connectivity index (χ3n) is 3.64. The fraction of sp³-hybridized carbons (Fsp3) is 0.105. The highest BCUT2D eigenvalue weighted by Crippen LogP contribution is 2.23. The van der Waals surface area contributed by atoms with Gasteiger partial charge in [0.1, 0.15) is 24.0 Å². The van der Waals surface area contributed by atoms with Gasteiger partial charge in [-0.25, -0.2) is 4.98 Å². The van der Waals surface area contributed by atoms with Crippen LogP contribution < -0.4 is 4.74 Å². The summed E-state index contributed by atoms with van der Waals surface area (Å²) in [6.45, 7) is 0.329. The van der Waals surface area contributed by atoms with Gasteiger partial charge in [0.05, 0.1) is 19.0 Å². The zero-order chi connectivity index (χ0) is 18.4. The van der Waals surface area contributed by atoms with Gasteiger partial charge in [-0.1, -0.05) is 28.9 Å². The molecule has 0 spiro atoms. The number of oxime groups is 1. The zero-order valence-electron chi connectivity index (χ0n) is 14.0. The second-order valence-electron chi connectivity index (χ2n) is 5.26. The Labute approximate surface area is 155 Å². The summed E-state index contributed by atoms with van der Waals surface area (Å²) in [6, 6.07) is 14.8. The summed E-state index contributed by atoms with van der Waals surface area (Å²) in [7, 11) is 1.52. The van der Waals surface area contributed by atoms with Gasteiger partial charge in [0.15, 0.2) is 5.82 Å². The Hall–Kier alpha value is -3.30. The third-order valence-corrected chi connectivity index (χ3v) is 3.89. The number of rotatable bonds is 6. The average Bonchev–Trinajstić information content (AvgIpc) is 3.14. The molecule has 26 heavy (non-hydrogen) atoms. The minimum Gasteiger partial charge on any atom is -0.495 e. The van der Waals surface area contributed by atoms with Crippen LogP contribution in [0.25, 0.3) is 5.82 Å². The Morgan fingerprint density at radius 2 is 2.08 bits per heavy atom. The second kappa shape index (κ2) is 8.19. The molecule has 0 unspecified atom stereocenters. The zero-order valence-corrected chi connectivity index (χ0v) is 14.7. The molecule has 0 atom stereocenters. The molecule has 0 saturated heterocycles. The molecule has 6 nitrogen and oxygen atoms in total. The molecule has 0 N–H and O–H groups in total. The van der Waals surface area contributed by atoms with Crippen LogP contribution in [0.4, 0.5) is 0 Å². The molecule has 3 aromatic rings. The van der Waals surface area contributed by atoms with E-state index in [2.05, 4.69) is 16.2 Å². The van der Waals surface area contributed by atoms with Gasteiger partial charge in [-0.05, 0) is 35.9 Å². The number of nitriles is 1. The van der Waals surface area contributed by atoms with Gasteiger partial charge in [-0.3, -0.25) is 4.57 Å². The highest BCUT2D eigenvalue weighted by molar-refractivity contribution is 6.30. The Morgan fingerprint density at radius 3 is 2.81 bits per heavy atom. The highest BCUT2D eigenvalue weighted by Gasteiger charge is 2.13. The lowest BCUT2D eigenvalue weighted by atomic mass is 10.2. The van der Waals surface area contributed by atoms with Crippen molar-refractivity contribution in [2.24, 2.45) is 5.16 Å². The van der Waals surface area contributed by atoms with E-state index in [0.717, 1.165) is 11.3 Å². The van der Waals surface area contributed by atoms with Crippen molar-refractivity contribution in [3.8, 4) is 17.6 Å². The molecule has 0 fully saturated rings. The van der Waals surface area contributed by atoms with Crippen molar-refractivity contribution >= 4 is 17.8 Å². The van der Waals surface area contributed by atoms with E-state index < -0.39 is 0 Å². The third kappa shape index (κ3) is 3.85. The number of ether oxygens (including phenoxy) is 1. The van der Waals surface area contributed by atoms with E-state index >= 15 is 0 Å². The Morgan fingerprint density at radius 1 is 1.27 bits per heavy atom. The quantitative estimate of drug-likeness (QED) is 0.489. The summed E-state index contributed by atoms with van der Waals surface area (Å²) in [5, 5.41) is 14.1. The number of pyridine rings is 1. The first-order valence-electron chi connectivity index (χ1n) is 7.73. The lowest BCUT2D eigenvalue weighted by Gasteiger charge is -2.10. The van der Waals surface area contributed by atoms with E-state index in [1.807, 2.05) is 24.3 Å². The molecule has 0 aliphatic rings. The maximum absolute atomic E-state index is 9.43. The first-order valence-corrected chi connectivity index (χ1v) is 8.11. The maximum Gasteiger partial charge on any atom is 0.158 e. The molecule has 3 rings (SSSR count). The summed E-state index contributed by atoms with van der Waals surface area (Å²) >= 11 is 5.85. The molecule has 2 heterocycles. The van der Waals surface area contributed by atoms with Gasteiger partial charge >= 0.3 is 0 Å². The molecule has 130 valence electrons. The summed E-state index contributed by atoms with van der Waals surface area (Å²) < 4.78 is 6.97. The molecule has 0 aliphatic carbocycles. The fourth-order valence-corrected chi connectivity index (χ4v) is 2.49. The number of benzene rings is 1. The topological polar surface area (TPSA) is 72.4 Å². The summed E-state index contributed by atoms with van der Waals surface area (Å²) in [5.41, 5.74) is 2.03. The molecular weight excluding hydrogens is 352 g/mol. The minimum atomic E-state index is 0.329. The van der Waals surface area contributed by atoms with Crippen molar-refractivity contribution < 1.29 is 9.57 Å². The molecule has 0 amide bonds. The second-order valence-corrected chi connectivity index (χ2v) is 5.70. The number of nitrogens with zero attached hydrogens (tertiary/aromatic N) is 4. The molecule has 7 heteroatoms. The van der Waals surface area contributed by atoms with Crippen LogP contribution in [-0.4, -0.2) is 22.9 Å². The van der Waals surface area contributed by atoms with E-state index in [1.54, 1.807) is 41.4 Å². The summed E-state index contributed by atoms with van der Waals surface area (Å²) in [6.07, 6.45) is 4.95. The van der Waals surface area contributed by atoms with Crippen LogP contribution in [-0.2, 0) is 11.4 Å². The van der Waals surface area contributed by atoms with Crippen molar-refractivity contribution in [2.45, 2.75) is 6.61 Å². The van der Waals surface area contributed by atoms with Gasteiger partial charge in [-0.2, -0.15) is 5.26 Å². The summed E-state index contributed by atoms with van der Waals surface area (Å²) in [4.78, 5) is 9.62. The Balaban J connectivity index is 1.77. The van der Waals surface area contributed by atoms with Crippen LogP contribution in [0, 0.1) is 11.3 Å². The largest absolute Gasteiger partial charge is 0.495 e. The Bertz CT molecular complexity index is 958. The van der Waals surface area contributed by atoms with Gasteiger partial charge in [0, 0.05) is 17.4 Å². The van der Waals surface area contributed by atoms with Crippen LogP contribution in [0.15, 0.2) is 60.0 Å². The number of methoxy groups -OCH3 is 1. The molecule has 0 aliphatic heterocycles. The minimum absolute atomic E-state index is 0.329. The van der Waals surface area contributed by atoms with Crippen molar-refractivity contribution in [3.05, 3.63) is 76.7 Å². The van der Waals surface area contributed by atoms with Crippen molar-refractivity contribution in [2.75, 3.05) is 7.11 Å². The van der Waals surface area contributed by atoms with Gasteiger partial charge < -0.3 is 9.57 Å². The van der Waals surface area contributed by atoms with E-state index in [0.29, 0.717) is 28.8 Å². The molecule has 0 bridgehead atoms. The van der Waals surface area contributed by atoms with E-state index in [1.165, 1.54) is 7.11 Å². The average molecular weight is 367 g/mol. The van der Waals surface area contributed by atoms with Crippen molar-refractivity contribution in [1.82, 2.24) is 9.55 Å². The van der Waals surface area contributed by atoms with Gasteiger partial charge in [0.2, 0.25) is 0 Å². The predicted molar refractivity (Wildman–Crippen MR) is 98.7 cm³/mol. The number of aromatic nitrogens is 2. The van der Waals surface area contributed by atoms with Crippen LogP contribution >= 0.6 is 11.6 Å². The van der Waals surface area contributed by atoms with E-state index in [4.69, 9.17) is 21.2 Å². The van der Waals surface area contributed by atoms with Crippen LogP contribution in [0.2, 0.25) is 5.02 Å². The standard InChI is InChI=1S/C19H15ClN4O2/c1-25-18-8-9-22-19(17(18)11-21)24-10-2-3-16(24)12-23-26-13-14-4-6-15(20)7-5-14/h2-10,12H,13H2,1H3. The number of hydrogen-bond acceptors (Lipinski definition) is 5. The monoisotopic (exact) mass is 366 g/mol. The number of hydrogen-bond donors (Lipinski definition) is 0.